The molecule has 1 fully saturated rings. The minimum Gasteiger partial charge on any atom is -0.310 e. The van der Waals surface area contributed by atoms with E-state index in [4.69, 9.17) is 0 Å². The Kier molecular flexibility index (Phi) is 6.08. The lowest BCUT2D eigenvalue weighted by Gasteiger charge is -2.14. The van der Waals surface area contributed by atoms with Gasteiger partial charge in [-0.3, -0.25) is 4.79 Å². The van der Waals surface area contributed by atoms with Crippen molar-refractivity contribution in [2.75, 3.05) is 11.1 Å². The van der Waals surface area contributed by atoms with Crippen molar-refractivity contribution in [1.29, 1.82) is 0 Å². The first-order valence-corrected chi connectivity index (χ1v) is 11.4. The molecule has 1 aliphatic carbocycles. The van der Waals surface area contributed by atoms with E-state index in [0.29, 0.717) is 22.7 Å². The zero-order valence-corrected chi connectivity index (χ0v) is 18.7. The Morgan fingerprint density at radius 3 is 2.61 bits per heavy atom. The first kappa shape index (κ1) is 21.5. The van der Waals surface area contributed by atoms with Crippen LogP contribution in [0.5, 0.6) is 0 Å². The molecule has 2 aromatic heterocycles. The molecule has 1 aliphatic rings. The monoisotopic (exact) mass is 443 g/mol. The van der Waals surface area contributed by atoms with E-state index in [1.807, 2.05) is 10.7 Å². The summed E-state index contributed by atoms with van der Waals surface area (Å²) in [7, 11) is 0. The van der Waals surface area contributed by atoms with Gasteiger partial charge in [0.1, 0.15) is 11.6 Å². The molecule has 1 N–H and O–H groups in total. The van der Waals surface area contributed by atoms with Crippen LogP contribution in [0.1, 0.15) is 58.2 Å². The first-order chi connectivity index (χ1) is 14.8. The van der Waals surface area contributed by atoms with Gasteiger partial charge in [-0.25, -0.2) is 13.8 Å². The maximum atomic E-state index is 13.4. The molecule has 4 rings (SSSR count). The summed E-state index contributed by atoms with van der Waals surface area (Å²) in [4.78, 5) is 12.7. The summed E-state index contributed by atoms with van der Waals surface area (Å²) < 4.78 is 16.8. The summed E-state index contributed by atoms with van der Waals surface area (Å²) in [5, 5.41) is 20.2. The molecule has 0 radical (unpaired) electrons. The summed E-state index contributed by atoms with van der Waals surface area (Å²) in [6.45, 7) is 6.15. The Bertz CT molecular complexity index is 1050. The molecule has 1 aromatic carbocycles. The molecule has 10 heteroatoms. The van der Waals surface area contributed by atoms with Crippen LogP contribution in [0.15, 0.2) is 35.5 Å². The quantitative estimate of drug-likeness (QED) is 0.576. The minimum absolute atomic E-state index is 0.173. The van der Waals surface area contributed by atoms with Crippen LogP contribution in [-0.2, 0) is 10.2 Å². The Morgan fingerprint density at radius 1 is 1.23 bits per heavy atom. The summed E-state index contributed by atoms with van der Waals surface area (Å²) in [6, 6.07) is 8.18. The van der Waals surface area contributed by atoms with E-state index in [9.17, 15) is 9.18 Å². The van der Waals surface area contributed by atoms with Gasteiger partial charge in [0.25, 0.3) is 0 Å². The highest BCUT2D eigenvalue weighted by Gasteiger charge is 2.24. The number of carbonyl (C=O) groups is 1. The number of nitrogens with one attached hydrogen (secondary N) is 1. The second kappa shape index (κ2) is 8.78. The molecule has 1 amide bonds. The third-order valence-corrected chi connectivity index (χ3v) is 6.22. The number of aromatic nitrogens is 6. The van der Waals surface area contributed by atoms with Crippen LogP contribution in [0.25, 0.3) is 5.69 Å². The predicted molar refractivity (Wildman–Crippen MR) is 117 cm³/mol. The van der Waals surface area contributed by atoms with Gasteiger partial charge < -0.3 is 5.32 Å². The van der Waals surface area contributed by atoms with Gasteiger partial charge in [0.05, 0.1) is 23.2 Å². The van der Waals surface area contributed by atoms with Gasteiger partial charge in [0, 0.05) is 11.5 Å². The molecule has 2 heterocycles. The number of benzene rings is 1. The normalized spacial score (nSPS) is 14.8. The number of amides is 1. The van der Waals surface area contributed by atoms with E-state index >= 15 is 0 Å². The fraction of sp³-hybridized carbons (Fsp3) is 0.476. The Hall–Kier alpha value is -2.75. The molecule has 0 spiro atoms. The molecule has 0 unspecified atom stereocenters. The van der Waals surface area contributed by atoms with Gasteiger partial charge in [-0.2, -0.15) is 5.10 Å². The molecule has 1 saturated carbocycles. The van der Waals surface area contributed by atoms with E-state index in [2.05, 4.69) is 46.7 Å². The van der Waals surface area contributed by atoms with Gasteiger partial charge in [-0.1, -0.05) is 45.4 Å². The molecule has 3 aromatic rings. The van der Waals surface area contributed by atoms with E-state index in [-0.39, 0.29) is 22.9 Å². The van der Waals surface area contributed by atoms with Gasteiger partial charge in [0.15, 0.2) is 0 Å². The van der Waals surface area contributed by atoms with Crippen LogP contribution in [0.4, 0.5) is 10.2 Å². The predicted octanol–water partition coefficient (Wildman–Crippen LogP) is 4.14. The number of anilines is 1. The molecule has 164 valence electrons. The van der Waals surface area contributed by atoms with E-state index in [0.717, 1.165) is 18.5 Å². The summed E-state index contributed by atoms with van der Waals surface area (Å²) >= 11 is 1.32. The van der Waals surface area contributed by atoms with Crippen LogP contribution in [0.3, 0.4) is 0 Å². The van der Waals surface area contributed by atoms with Crippen LogP contribution in [-0.4, -0.2) is 41.6 Å². The molecular formula is C21H26FN7OS. The number of thioether (sulfide) groups is 1. The van der Waals surface area contributed by atoms with E-state index in [1.165, 1.54) is 36.7 Å². The Morgan fingerprint density at radius 2 is 1.94 bits per heavy atom. The lowest BCUT2D eigenvalue weighted by Crippen LogP contribution is -2.18. The first-order valence-electron chi connectivity index (χ1n) is 10.4. The van der Waals surface area contributed by atoms with Crippen molar-refractivity contribution in [3.8, 4) is 5.69 Å². The van der Waals surface area contributed by atoms with Crippen molar-refractivity contribution in [2.45, 2.75) is 63.1 Å². The van der Waals surface area contributed by atoms with Crippen molar-refractivity contribution in [1.82, 2.24) is 30.0 Å². The number of nitrogens with zero attached hydrogens (tertiary/aromatic N) is 6. The van der Waals surface area contributed by atoms with Gasteiger partial charge in [-0.05, 0) is 47.5 Å². The summed E-state index contributed by atoms with van der Waals surface area (Å²) in [5.41, 5.74) is 1.29. The zero-order chi connectivity index (χ0) is 22.0. The number of hydrogen-bond acceptors (Lipinski definition) is 6. The second-order valence-electron chi connectivity index (χ2n) is 8.73. The number of carbonyl (C=O) groups excluding carboxylic acids is 1. The third kappa shape index (κ3) is 4.95. The fourth-order valence-electron chi connectivity index (χ4n) is 3.58. The highest BCUT2D eigenvalue weighted by atomic mass is 32.2. The maximum Gasteiger partial charge on any atom is 0.236 e. The van der Waals surface area contributed by atoms with Crippen LogP contribution < -0.4 is 5.32 Å². The average Bonchev–Trinajstić information content (AvgIpc) is 3.46. The Balaban J connectivity index is 1.49. The molecule has 0 bridgehead atoms. The molecular weight excluding hydrogens is 417 g/mol. The minimum atomic E-state index is -0.325. The second-order valence-corrected chi connectivity index (χ2v) is 9.68. The van der Waals surface area contributed by atoms with Crippen molar-refractivity contribution >= 4 is 23.5 Å². The molecule has 8 nitrogen and oxygen atoms in total. The fourth-order valence-corrected chi connectivity index (χ4v) is 4.33. The van der Waals surface area contributed by atoms with Crippen LogP contribution in [0, 0.1) is 5.82 Å². The smallest absolute Gasteiger partial charge is 0.236 e. The molecule has 0 aliphatic heterocycles. The summed E-state index contributed by atoms with van der Waals surface area (Å²) in [5.74, 6) is 0.202. The number of hydrogen-bond donors (Lipinski definition) is 1. The number of rotatable bonds is 6. The maximum absolute atomic E-state index is 13.4. The molecule has 0 atom stereocenters. The average molecular weight is 444 g/mol. The standard InChI is InChI=1S/C21H26FN7OS/c1-21(2,3)17-12-18(28(25-17)16-10-8-14(22)9-11-16)23-19(30)13-31-20-24-26-27-29(20)15-6-4-5-7-15/h8-12,15H,4-7,13H2,1-3H3,(H,23,30). The van der Waals surface area contributed by atoms with Gasteiger partial charge in [0.2, 0.25) is 11.1 Å². The molecule has 0 saturated heterocycles. The largest absolute Gasteiger partial charge is 0.310 e. The third-order valence-electron chi connectivity index (χ3n) is 5.28. The van der Waals surface area contributed by atoms with E-state index in [1.54, 1.807) is 16.8 Å². The van der Waals surface area contributed by atoms with Crippen molar-refractivity contribution in [3.05, 3.63) is 41.8 Å². The number of tetrazole rings is 1. The summed E-state index contributed by atoms with van der Waals surface area (Å²) in [6.07, 6.45) is 4.49. The van der Waals surface area contributed by atoms with Gasteiger partial charge in [-0.15, -0.1) is 5.10 Å². The van der Waals surface area contributed by atoms with Crippen molar-refractivity contribution in [2.24, 2.45) is 0 Å². The zero-order valence-electron chi connectivity index (χ0n) is 17.9. The topological polar surface area (TPSA) is 90.5 Å². The SMILES string of the molecule is CC(C)(C)c1cc(NC(=O)CSc2nnnn2C2CCCC2)n(-c2ccc(F)cc2)n1. The van der Waals surface area contributed by atoms with E-state index < -0.39 is 0 Å². The lowest BCUT2D eigenvalue weighted by molar-refractivity contribution is -0.113. The lowest BCUT2D eigenvalue weighted by atomic mass is 9.92. The Labute approximate surface area is 184 Å². The van der Waals surface area contributed by atoms with Crippen LogP contribution in [0.2, 0.25) is 0 Å². The molecule has 31 heavy (non-hydrogen) atoms. The highest BCUT2D eigenvalue weighted by molar-refractivity contribution is 7.99. The van der Waals surface area contributed by atoms with Crippen LogP contribution >= 0.6 is 11.8 Å². The van der Waals surface area contributed by atoms with Crippen molar-refractivity contribution in [3.63, 3.8) is 0 Å². The van der Waals surface area contributed by atoms with Crippen molar-refractivity contribution < 1.29 is 9.18 Å². The number of halogens is 1. The highest BCUT2D eigenvalue weighted by Crippen LogP contribution is 2.31. The van der Waals surface area contributed by atoms with Gasteiger partial charge >= 0.3 is 0 Å².